The van der Waals surface area contributed by atoms with Crippen molar-refractivity contribution in [1.29, 1.82) is 0 Å². The number of aliphatic carboxylic acids is 1. The van der Waals surface area contributed by atoms with E-state index in [1.165, 1.54) is 6.92 Å². The molecule has 0 unspecified atom stereocenters. The molecule has 158 valence electrons. The average Bonchev–Trinajstić information content (AvgIpc) is 2.74. The summed E-state index contributed by atoms with van der Waals surface area (Å²) in [6.07, 6.45) is -0.209. The number of benzene rings is 3. The molecule has 0 saturated carbocycles. The van der Waals surface area contributed by atoms with Gasteiger partial charge in [-0.05, 0) is 52.6 Å². The normalized spacial score (nSPS) is 10.4. The van der Waals surface area contributed by atoms with Crippen LogP contribution >= 0.6 is 0 Å². The summed E-state index contributed by atoms with van der Waals surface area (Å²) in [7, 11) is 0. The van der Waals surface area contributed by atoms with Crippen molar-refractivity contribution in [2.24, 2.45) is 5.73 Å². The number of anilines is 2. The van der Waals surface area contributed by atoms with Crippen molar-refractivity contribution in [3.8, 4) is 11.1 Å². The molecular formula is C24H23N3O4. The molecule has 3 aromatic carbocycles. The van der Waals surface area contributed by atoms with Crippen LogP contribution in [0.25, 0.3) is 11.1 Å². The van der Waals surface area contributed by atoms with E-state index in [1.807, 2.05) is 24.3 Å². The summed E-state index contributed by atoms with van der Waals surface area (Å²) in [4.78, 5) is 35.7. The highest BCUT2D eigenvalue weighted by molar-refractivity contribution is 6.06. The zero-order chi connectivity index (χ0) is 22.4. The van der Waals surface area contributed by atoms with Gasteiger partial charge >= 0.3 is 5.97 Å². The van der Waals surface area contributed by atoms with E-state index >= 15 is 0 Å². The highest BCUT2D eigenvalue weighted by atomic mass is 16.4. The average molecular weight is 417 g/mol. The molecule has 31 heavy (non-hydrogen) atoms. The first kappa shape index (κ1) is 21.7. The monoisotopic (exact) mass is 417 g/mol. The molecule has 2 amide bonds. The third-order valence-corrected chi connectivity index (χ3v) is 4.62. The SMILES string of the molecule is CC(=O)Nc1cc(C(=O)Nc2ccccc2CC(=O)O)cc(-c2cccc(CN)c2)c1. The standard InChI is InChI=1S/C24H23N3O4/c1-15(28)26-21-11-19(17-7-4-5-16(9-17)14-25)10-20(12-21)24(31)27-22-8-3-2-6-18(22)13-23(29)30/h2-12H,13-14,25H2,1H3,(H,26,28)(H,27,31)(H,29,30). The fourth-order valence-corrected chi connectivity index (χ4v) is 3.23. The number of carbonyl (C=O) groups is 3. The van der Waals surface area contributed by atoms with E-state index in [0.29, 0.717) is 29.0 Å². The van der Waals surface area contributed by atoms with E-state index in [9.17, 15) is 14.4 Å². The van der Waals surface area contributed by atoms with Crippen molar-refractivity contribution in [2.75, 3.05) is 10.6 Å². The number of carboxylic acids is 1. The lowest BCUT2D eigenvalue weighted by molar-refractivity contribution is -0.136. The molecule has 0 radical (unpaired) electrons. The topological polar surface area (TPSA) is 122 Å². The van der Waals surface area contributed by atoms with Crippen LogP contribution in [0.5, 0.6) is 0 Å². The second kappa shape index (κ2) is 9.69. The number of hydrogen-bond donors (Lipinski definition) is 4. The molecule has 3 rings (SSSR count). The zero-order valence-corrected chi connectivity index (χ0v) is 17.0. The Labute approximate surface area is 179 Å². The van der Waals surface area contributed by atoms with Gasteiger partial charge in [-0.2, -0.15) is 0 Å². The van der Waals surface area contributed by atoms with Crippen molar-refractivity contribution < 1.29 is 19.5 Å². The van der Waals surface area contributed by atoms with Crippen LogP contribution in [-0.4, -0.2) is 22.9 Å². The van der Waals surface area contributed by atoms with Gasteiger partial charge in [0.1, 0.15) is 0 Å². The van der Waals surface area contributed by atoms with Gasteiger partial charge in [0.15, 0.2) is 0 Å². The summed E-state index contributed by atoms with van der Waals surface area (Å²) in [5.41, 5.74) is 10.0. The number of nitrogens with one attached hydrogen (secondary N) is 2. The molecule has 0 bridgehead atoms. The van der Waals surface area contributed by atoms with Crippen LogP contribution < -0.4 is 16.4 Å². The molecule has 0 aromatic heterocycles. The van der Waals surface area contributed by atoms with Gasteiger partial charge in [0.05, 0.1) is 6.42 Å². The Balaban J connectivity index is 1.99. The summed E-state index contributed by atoms with van der Waals surface area (Å²) < 4.78 is 0. The maximum atomic E-state index is 13.0. The lowest BCUT2D eigenvalue weighted by Gasteiger charge is -2.13. The van der Waals surface area contributed by atoms with Crippen LogP contribution in [0.3, 0.4) is 0 Å². The first-order valence-electron chi connectivity index (χ1n) is 9.69. The molecule has 0 aliphatic heterocycles. The minimum absolute atomic E-state index is 0.209. The highest BCUT2D eigenvalue weighted by Gasteiger charge is 2.14. The second-order valence-electron chi connectivity index (χ2n) is 7.07. The van der Waals surface area contributed by atoms with E-state index in [1.54, 1.807) is 42.5 Å². The van der Waals surface area contributed by atoms with Crippen LogP contribution in [0.4, 0.5) is 11.4 Å². The molecule has 0 spiro atoms. The van der Waals surface area contributed by atoms with Crippen molar-refractivity contribution in [3.63, 3.8) is 0 Å². The number of carboxylic acid groups (broad SMARTS) is 1. The molecule has 0 heterocycles. The first-order chi connectivity index (χ1) is 14.9. The van der Waals surface area contributed by atoms with Crippen molar-refractivity contribution in [3.05, 3.63) is 83.4 Å². The third kappa shape index (κ3) is 5.77. The Morgan fingerprint density at radius 1 is 0.903 bits per heavy atom. The van der Waals surface area contributed by atoms with Crippen LogP contribution in [-0.2, 0) is 22.6 Å². The maximum absolute atomic E-state index is 13.0. The van der Waals surface area contributed by atoms with Gasteiger partial charge in [0.2, 0.25) is 5.91 Å². The summed E-state index contributed by atoms with van der Waals surface area (Å²) in [6.45, 7) is 1.77. The molecule has 0 atom stereocenters. The van der Waals surface area contributed by atoms with E-state index in [-0.39, 0.29) is 12.3 Å². The fraction of sp³-hybridized carbons (Fsp3) is 0.125. The lowest BCUT2D eigenvalue weighted by Crippen LogP contribution is -2.15. The lowest BCUT2D eigenvalue weighted by atomic mass is 9.99. The van der Waals surface area contributed by atoms with Gasteiger partial charge in [-0.25, -0.2) is 0 Å². The van der Waals surface area contributed by atoms with Gasteiger partial charge in [0.25, 0.3) is 5.91 Å². The van der Waals surface area contributed by atoms with Crippen LogP contribution in [0.1, 0.15) is 28.4 Å². The largest absolute Gasteiger partial charge is 0.481 e. The minimum Gasteiger partial charge on any atom is -0.481 e. The van der Waals surface area contributed by atoms with Gasteiger partial charge in [-0.15, -0.1) is 0 Å². The summed E-state index contributed by atoms with van der Waals surface area (Å²) in [5.74, 6) is -1.66. The molecule has 5 N–H and O–H groups in total. The number of hydrogen-bond acceptors (Lipinski definition) is 4. The van der Waals surface area contributed by atoms with E-state index < -0.39 is 11.9 Å². The van der Waals surface area contributed by atoms with Gasteiger partial charge in [-0.1, -0.05) is 36.4 Å². The highest BCUT2D eigenvalue weighted by Crippen LogP contribution is 2.27. The Morgan fingerprint density at radius 3 is 2.39 bits per heavy atom. The maximum Gasteiger partial charge on any atom is 0.307 e. The number of para-hydroxylation sites is 1. The summed E-state index contributed by atoms with van der Waals surface area (Å²) in [5, 5.41) is 14.6. The van der Waals surface area contributed by atoms with Crippen molar-refractivity contribution in [1.82, 2.24) is 0 Å². The Kier molecular flexibility index (Phi) is 6.79. The van der Waals surface area contributed by atoms with E-state index in [0.717, 1.165) is 16.7 Å². The molecule has 7 nitrogen and oxygen atoms in total. The van der Waals surface area contributed by atoms with E-state index in [4.69, 9.17) is 10.8 Å². The number of carbonyl (C=O) groups excluding carboxylic acids is 2. The number of nitrogens with two attached hydrogens (primary N) is 1. The quantitative estimate of drug-likeness (QED) is 0.467. The minimum atomic E-state index is -0.989. The van der Waals surface area contributed by atoms with Gasteiger partial charge in [0, 0.05) is 30.4 Å². The molecule has 0 fully saturated rings. The fourth-order valence-electron chi connectivity index (χ4n) is 3.23. The number of rotatable bonds is 7. The second-order valence-corrected chi connectivity index (χ2v) is 7.07. The molecule has 0 aliphatic carbocycles. The van der Waals surface area contributed by atoms with Crippen molar-refractivity contribution >= 4 is 29.2 Å². The van der Waals surface area contributed by atoms with Crippen LogP contribution in [0.15, 0.2) is 66.7 Å². The summed E-state index contributed by atoms with van der Waals surface area (Å²) >= 11 is 0. The molecular weight excluding hydrogens is 394 g/mol. The van der Waals surface area contributed by atoms with Crippen LogP contribution in [0, 0.1) is 0 Å². The zero-order valence-electron chi connectivity index (χ0n) is 17.0. The molecule has 0 saturated heterocycles. The molecule has 7 heteroatoms. The van der Waals surface area contributed by atoms with Gasteiger partial charge in [-0.3, -0.25) is 14.4 Å². The molecule has 3 aromatic rings. The van der Waals surface area contributed by atoms with Crippen LogP contribution in [0.2, 0.25) is 0 Å². The number of amides is 2. The van der Waals surface area contributed by atoms with E-state index in [2.05, 4.69) is 10.6 Å². The Morgan fingerprint density at radius 2 is 1.68 bits per heavy atom. The van der Waals surface area contributed by atoms with Crippen molar-refractivity contribution in [2.45, 2.75) is 19.9 Å². The third-order valence-electron chi connectivity index (χ3n) is 4.62. The Bertz CT molecular complexity index is 1140. The smallest absolute Gasteiger partial charge is 0.307 e. The molecule has 0 aliphatic rings. The predicted octanol–water partition coefficient (Wildman–Crippen LogP) is 3.65. The first-order valence-corrected chi connectivity index (χ1v) is 9.69. The Hall–Kier alpha value is -3.97. The predicted molar refractivity (Wildman–Crippen MR) is 120 cm³/mol. The summed E-state index contributed by atoms with van der Waals surface area (Å²) in [6, 6.07) is 19.4. The van der Waals surface area contributed by atoms with Gasteiger partial charge < -0.3 is 21.5 Å².